The van der Waals surface area contributed by atoms with Crippen molar-refractivity contribution >= 4 is 5.91 Å². The van der Waals surface area contributed by atoms with Crippen LogP contribution in [0.3, 0.4) is 0 Å². The lowest BCUT2D eigenvalue weighted by molar-refractivity contribution is -0.134. The Hall–Kier alpha value is -1.36. The molecule has 1 aliphatic rings. The van der Waals surface area contributed by atoms with E-state index in [1.165, 1.54) is 0 Å². The zero-order chi connectivity index (χ0) is 12.4. The van der Waals surface area contributed by atoms with E-state index >= 15 is 0 Å². The van der Waals surface area contributed by atoms with Gasteiger partial charge in [0.1, 0.15) is 5.82 Å². The molecule has 0 saturated heterocycles. The maximum Gasteiger partial charge on any atom is 0.239 e. The molecule has 1 amide bonds. The maximum absolute atomic E-state index is 12.1. The second-order valence-electron chi connectivity index (χ2n) is 5.03. The maximum atomic E-state index is 12.1. The summed E-state index contributed by atoms with van der Waals surface area (Å²) in [6, 6.07) is -0.378. The molecule has 0 fully saturated rings. The summed E-state index contributed by atoms with van der Waals surface area (Å²) >= 11 is 0. The van der Waals surface area contributed by atoms with Gasteiger partial charge in [-0.2, -0.15) is 0 Å². The molecule has 0 unspecified atom stereocenters. The number of rotatable bonds is 3. The van der Waals surface area contributed by atoms with Gasteiger partial charge in [0.15, 0.2) is 0 Å². The van der Waals surface area contributed by atoms with E-state index < -0.39 is 0 Å². The lowest BCUT2D eigenvalue weighted by atomic mass is 10.0. The highest BCUT2D eigenvalue weighted by molar-refractivity contribution is 5.81. The molecule has 1 aromatic rings. The quantitative estimate of drug-likeness (QED) is 0.835. The van der Waals surface area contributed by atoms with Gasteiger partial charge >= 0.3 is 0 Å². The van der Waals surface area contributed by atoms with E-state index in [2.05, 4.69) is 23.4 Å². The third-order valence-corrected chi connectivity index (χ3v) is 3.10. The zero-order valence-corrected chi connectivity index (χ0v) is 10.5. The molecular formula is C12H20N4O. The number of amides is 1. The van der Waals surface area contributed by atoms with Crippen molar-refractivity contribution in [1.29, 1.82) is 0 Å². The first kappa shape index (κ1) is 12.1. The molecule has 1 aliphatic heterocycles. The summed E-state index contributed by atoms with van der Waals surface area (Å²) in [6.45, 7) is 6.28. The number of nitrogens with two attached hydrogens (primary N) is 1. The van der Waals surface area contributed by atoms with E-state index in [-0.39, 0.29) is 11.9 Å². The normalized spacial score (nSPS) is 17.1. The third kappa shape index (κ3) is 2.66. The van der Waals surface area contributed by atoms with E-state index in [9.17, 15) is 4.79 Å². The predicted octanol–water partition coefficient (Wildman–Crippen LogP) is 0.599. The van der Waals surface area contributed by atoms with Crippen LogP contribution in [0.15, 0.2) is 12.4 Å². The summed E-state index contributed by atoms with van der Waals surface area (Å²) in [5.41, 5.74) is 5.93. The van der Waals surface area contributed by atoms with Gasteiger partial charge in [0.05, 0.1) is 12.6 Å². The summed E-state index contributed by atoms with van der Waals surface area (Å²) in [4.78, 5) is 18.2. The lowest BCUT2D eigenvalue weighted by Crippen LogP contribution is -2.47. The minimum Gasteiger partial charge on any atom is -0.332 e. The molecule has 2 N–H and O–H groups in total. The first-order valence-electron chi connectivity index (χ1n) is 6.12. The van der Waals surface area contributed by atoms with Crippen LogP contribution in [0, 0.1) is 5.92 Å². The molecule has 0 bridgehead atoms. The molecular weight excluding hydrogens is 216 g/mol. The molecule has 17 heavy (non-hydrogen) atoms. The Kier molecular flexibility index (Phi) is 3.47. The van der Waals surface area contributed by atoms with Crippen LogP contribution in [-0.4, -0.2) is 32.9 Å². The third-order valence-electron chi connectivity index (χ3n) is 3.10. The monoisotopic (exact) mass is 236 g/mol. The minimum atomic E-state index is -0.378. The largest absolute Gasteiger partial charge is 0.332 e. The standard InChI is InChI=1S/C12H20N4O/c1-9(2)7-10(13)12(17)16-6-5-15-4-3-14-11(15)8-16/h3-4,9-10H,5-8,13H2,1-2H3/t10-/m0/s1. The Bertz CT molecular complexity index is 399. The van der Waals surface area contributed by atoms with Gasteiger partial charge in [-0.25, -0.2) is 4.98 Å². The Morgan fingerprint density at radius 2 is 2.29 bits per heavy atom. The van der Waals surface area contributed by atoms with Crippen LogP contribution in [-0.2, 0) is 17.9 Å². The fourth-order valence-electron chi connectivity index (χ4n) is 2.20. The van der Waals surface area contributed by atoms with Crippen LogP contribution in [0.25, 0.3) is 0 Å². The Morgan fingerprint density at radius 1 is 1.53 bits per heavy atom. The fourth-order valence-corrected chi connectivity index (χ4v) is 2.20. The van der Waals surface area contributed by atoms with Crippen LogP contribution < -0.4 is 5.73 Å². The van der Waals surface area contributed by atoms with Crippen molar-refractivity contribution in [2.75, 3.05) is 6.54 Å². The molecule has 0 saturated carbocycles. The highest BCUT2D eigenvalue weighted by Gasteiger charge is 2.25. The van der Waals surface area contributed by atoms with Gasteiger partial charge in [-0.15, -0.1) is 0 Å². The van der Waals surface area contributed by atoms with Gasteiger partial charge in [-0.1, -0.05) is 13.8 Å². The number of hydrogen-bond donors (Lipinski definition) is 1. The van der Waals surface area contributed by atoms with Gasteiger partial charge in [0.25, 0.3) is 0 Å². The topological polar surface area (TPSA) is 64.2 Å². The Labute approximate surface area is 102 Å². The number of carbonyl (C=O) groups is 1. The van der Waals surface area contributed by atoms with Crippen LogP contribution >= 0.6 is 0 Å². The van der Waals surface area contributed by atoms with Crippen molar-refractivity contribution in [3.63, 3.8) is 0 Å². The molecule has 2 rings (SSSR count). The number of fused-ring (bicyclic) bond motifs is 1. The lowest BCUT2D eigenvalue weighted by Gasteiger charge is -2.30. The van der Waals surface area contributed by atoms with Crippen molar-refractivity contribution in [2.45, 2.75) is 39.4 Å². The van der Waals surface area contributed by atoms with Gasteiger partial charge in [-0.3, -0.25) is 4.79 Å². The minimum absolute atomic E-state index is 0.0490. The van der Waals surface area contributed by atoms with Crippen molar-refractivity contribution < 1.29 is 4.79 Å². The number of hydrogen-bond acceptors (Lipinski definition) is 3. The average molecular weight is 236 g/mol. The van der Waals surface area contributed by atoms with Crippen molar-refractivity contribution in [3.05, 3.63) is 18.2 Å². The first-order chi connectivity index (χ1) is 8.08. The Balaban J connectivity index is 1.98. The molecule has 0 radical (unpaired) electrons. The number of carbonyl (C=O) groups excluding carboxylic acids is 1. The molecule has 0 aromatic carbocycles. The molecule has 0 aliphatic carbocycles. The van der Waals surface area contributed by atoms with Crippen LogP contribution in [0.1, 0.15) is 26.1 Å². The van der Waals surface area contributed by atoms with E-state index in [0.717, 1.165) is 25.3 Å². The summed E-state index contributed by atoms with van der Waals surface area (Å²) in [7, 11) is 0. The molecule has 2 heterocycles. The molecule has 5 nitrogen and oxygen atoms in total. The SMILES string of the molecule is CC(C)C[C@H](N)C(=O)N1CCn2ccnc2C1. The molecule has 1 aromatic heterocycles. The van der Waals surface area contributed by atoms with Crippen molar-refractivity contribution in [2.24, 2.45) is 11.7 Å². The first-order valence-corrected chi connectivity index (χ1v) is 6.12. The Morgan fingerprint density at radius 3 is 3.00 bits per heavy atom. The number of nitrogens with zero attached hydrogens (tertiary/aromatic N) is 3. The summed E-state index contributed by atoms with van der Waals surface area (Å²) in [5, 5.41) is 0. The average Bonchev–Trinajstić information content (AvgIpc) is 2.73. The molecule has 5 heteroatoms. The van der Waals surface area contributed by atoms with E-state index in [4.69, 9.17) is 5.73 Å². The van der Waals surface area contributed by atoms with Gasteiger partial charge < -0.3 is 15.2 Å². The van der Waals surface area contributed by atoms with Crippen molar-refractivity contribution in [1.82, 2.24) is 14.5 Å². The second kappa shape index (κ2) is 4.87. The van der Waals surface area contributed by atoms with Crippen LogP contribution in [0.5, 0.6) is 0 Å². The van der Waals surface area contributed by atoms with E-state index in [1.807, 2.05) is 11.1 Å². The van der Waals surface area contributed by atoms with E-state index in [0.29, 0.717) is 12.5 Å². The predicted molar refractivity (Wildman–Crippen MR) is 65.1 cm³/mol. The highest BCUT2D eigenvalue weighted by atomic mass is 16.2. The smallest absolute Gasteiger partial charge is 0.239 e. The van der Waals surface area contributed by atoms with E-state index in [1.54, 1.807) is 6.20 Å². The molecule has 0 spiro atoms. The summed E-state index contributed by atoms with van der Waals surface area (Å²) in [5.74, 6) is 1.44. The van der Waals surface area contributed by atoms with Crippen LogP contribution in [0.4, 0.5) is 0 Å². The van der Waals surface area contributed by atoms with Crippen molar-refractivity contribution in [3.8, 4) is 0 Å². The summed E-state index contributed by atoms with van der Waals surface area (Å²) < 4.78 is 2.08. The fraction of sp³-hybridized carbons (Fsp3) is 0.667. The van der Waals surface area contributed by atoms with Gasteiger partial charge in [0.2, 0.25) is 5.91 Å². The number of aromatic nitrogens is 2. The second-order valence-corrected chi connectivity index (χ2v) is 5.03. The highest BCUT2D eigenvalue weighted by Crippen LogP contribution is 2.13. The van der Waals surface area contributed by atoms with Gasteiger partial charge in [0, 0.05) is 25.5 Å². The van der Waals surface area contributed by atoms with Crippen LogP contribution in [0.2, 0.25) is 0 Å². The van der Waals surface area contributed by atoms with Gasteiger partial charge in [-0.05, 0) is 12.3 Å². The number of imidazole rings is 1. The zero-order valence-electron chi connectivity index (χ0n) is 10.5. The molecule has 1 atom stereocenters. The summed E-state index contributed by atoms with van der Waals surface area (Å²) in [6.07, 6.45) is 4.46. The molecule has 94 valence electrons.